The molecule has 1 aliphatic heterocycles. The molecule has 0 spiro atoms. The monoisotopic (exact) mass is 348 g/mol. The van der Waals surface area contributed by atoms with Crippen LogP contribution in [-0.4, -0.2) is 67.3 Å². The summed E-state index contributed by atoms with van der Waals surface area (Å²) >= 11 is 0. The molecule has 0 radical (unpaired) electrons. The average Bonchev–Trinajstić information content (AvgIpc) is 2.57. The Morgan fingerprint density at radius 2 is 1.33 bits per heavy atom. The third-order valence-corrected chi connectivity index (χ3v) is 4.18. The molecule has 0 bridgehead atoms. The van der Waals surface area contributed by atoms with E-state index in [0.717, 1.165) is 38.5 Å². The van der Waals surface area contributed by atoms with Crippen LogP contribution in [0.25, 0.3) is 0 Å². The molecular formula is C18H36O6. The van der Waals surface area contributed by atoms with Gasteiger partial charge in [0.2, 0.25) is 0 Å². The highest BCUT2D eigenvalue weighted by Gasteiger charge is 2.46. The number of rotatable bonds is 13. The molecule has 0 amide bonds. The quantitative estimate of drug-likeness (QED) is 0.497. The molecule has 1 saturated heterocycles. The van der Waals surface area contributed by atoms with Crippen molar-refractivity contribution in [3.63, 3.8) is 0 Å². The Balaban J connectivity index is 2.61. The zero-order chi connectivity index (χ0) is 17.8. The van der Waals surface area contributed by atoms with Crippen molar-refractivity contribution in [2.75, 3.05) is 26.4 Å². The molecule has 1 heterocycles. The van der Waals surface area contributed by atoms with E-state index in [0.29, 0.717) is 26.4 Å². The Labute approximate surface area is 146 Å². The molecule has 5 atom stereocenters. The van der Waals surface area contributed by atoms with Crippen LogP contribution in [0.5, 0.6) is 0 Å². The van der Waals surface area contributed by atoms with Crippen LogP contribution in [0.4, 0.5) is 0 Å². The summed E-state index contributed by atoms with van der Waals surface area (Å²) in [5, 5.41) is 20.8. The third-order valence-electron chi connectivity index (χ3n) is 4.18. The molecule has 144 valence electrons. The number of hydrogen-bond acceptors (Lipinski definition) is 6. The maximum Gasteiger partial charge on any atom is 0.184 e. The molecule has 0 aliphatic carbocycles. The van der Waals surface area contributed by atoms with E-state index in [2.05, 4.69) is 20.8 Å². The summed E-state index contributed by atoms with van der Waals surface area (Å²) in [6.07, 6.45) is 1.91. The third kappa shape index (κ3) is 7.33. The lowest BCUT2D eigenvalue weighted by molar-refractivity contribution is -0.305. The van der Waals surface area contributed by atoms with E-state index in [-0.39, 0.29) is 0 Å². The lowest BCUT2D eigenvalue weighted by Gasteiger charge is -2.42. The Morgan fingerprint density at radius 3 is 1.92 bits per heavy atom. The van der Waals surface area contributed by atoms with Crippen LogP contribution in [0.3, 0.4) is 0 Å². The molecular weight excluding hydrogens is 312 g/mol. The van der Waals surface area contributed by atoms with E-state index >= 15 is 0 Å². The molecule has 0 aromatic carbocycles. The SMILES string of the molecule is CCCCOCC1O[C@@H](O)C(OCCCC)C(O)[C@H]1OCCCC. The second kappa shape index (κ2) is 13.0. The summed E-state index contributed by atoms with van der Waals surface area (Å²) in [5.74, 6) is 0. The minimum Gasteiger partial charge on any atom is -0.387 e. The fourth-order valence-electron chi connectivity index (χ4n) is 2.60. The molecule has 3 unspecified atom stereocenters. The smallest absolute Gasteiger partial charge is 0.184 e. The molecule has 0 aromatic rings. The molecule has 1 rings (SSSR count). The maximum absolute atomic E-state index is 10.6. The Bertz CT molecular complexity index is 299. The zero-order valence-corrected chi connectivity index (χ0v) is 15.5. The van der Waals surface area contributed by atoms with Crippen molar-refractivity contribution in [3.8, 4) is 0 Å². The summed E-state index contributed by atoms with van der Waals surface area (Å²) in [4.78, 5) is 0. The second-order valence-corrected chi connectivity index (χ2v) is 6.36. The normalized spacial score (nSPS) is 30.6. The molecule has 24 heavy (non-hydrogen) atoms. The van der Waals surface area contributed by atoms with E-state index < -0.39 is 30.7 Å². The van der Waals surface area contributed by atoms with Gasteiger partial charge in [-0.25, -0.2) is 0 Å². The largest absolute Gasteiger partial charge is 0.387 e. The van der Waals surface area contributed by atoms with Gasteiger partial charge in [0.1, 0.15) is 24.4 Å². The van der Waals surface area contributed by atoms with E-state index in [1.165, 1.54) is 0 Å². The van der Waals surface area contributed by atoms with Crippen LogP contribution in [0.1, 0.15) is 59.3 Å². The van der Waals surface area contributed by atoms with Gasteiger partial charge in [-0.3, -0.25) is 0 Å². The van der Waals surface area contributed by atoms with E-state index in [4.69, 9.17) is 18.9 Å². The predicted molar refractivity (Wildman–Crippen MR) is 91.9 cm³/mol. The Hall–Kier alpha value is -0.240. The Morgan fingerprint density at radius 1 is 0.792 bits per heavy atom. The first-order valence-electron chi connectivity index (χ1n) is 9.48. The van der Waals surface area contributed by atoms with Gasteiger partial charge >= 0.3 is 0 Å². The molecule has 6 heteroatoms. The van der Waals surface area contributed by atoms with Gasteiger partial charge in [0.15, 0.2) is 6.29 Å². The topological polar surface area (TPSA) is 77.4 Å². The summed E-state index contributed by atoms with van der Waals surface area (Å²) < 4.78 is 22.7. The second-order valence-electron chi connectivity index (χ2n) is 6.36. The van der Waals surface area contributed by atoms with Gasteiger partial charge in [0.05, 0.1) is 6.61 Å². The van der Waals surface area contributed by atoms with Crippen molar-refractivity contribution < 1.29 is 29.2 Å². The Kier molecular flexibility index (Phi) is 11.8. The van der Waals surface area contributed by atoms with Gasteiger partial charge in [0.25, 0.3) is 0 Å². The lowest BCUT2D eigenvalue weighted by atomic mass is 9.98. The fourth-order valence-corrected chi connectivity index (χ4v) is 2.60. The van der Waals surface area contributed by atoms with Gasteiger partial charge in [-0.1, -0.05) is 40.0 Å². The van der Waals surface area contributed by atoms with E-state index in [9.17, 15) is 10.2 Å². The summed E-state index contributed by atoms with van der Waals surface area (Å²) in [5.41, 5.74) is 0. The molecule has 0 aromatic heterocycles. The van der Waals surface area contributed by atoms with Crippen molar-refractivity contribution in [2.24, 2.45) is 0 Å². The van der Waals surface area contributed by atoms with E-state index in [1.54, 1.807) is 0 Å². The molecule has 0 saturated carbocycles. The summed E-state index contributed by atoms with van der Waals surface area (Å²) in [6, 6.07) is 0. The highest BCUT2D eigenvalue weighted by molar-refractivity contribution is 4.91. The van der Waals surface area contributed by atoms with Crippen molar-refractivity contribution in [3.05, 3.63) is 0 Å². The summed E-state index contributed by atoms with van der Waals surface area (Å²) in [6.45, 7) is 8.22. The maximum atomic E-state index is 10.6. The molecule has 1 aliphatic rings. The van der Waals surface area contributed by atoms with Crippen LogP contribution in [0, 0.1) is 0 Å². The minimum atomic E-state index is -1.16. The average molecular weight is 348 g/mol. The number of aliphatic hydroxyl groups is 2. The number of ether oxygens (including phenoxy) is 4. The van der Waals surface area contributed by atoms with Crippen molar-refractivity contribution in [2.45, 2.75) is 90.0 Å². The van der Waals surface area contributed by atoms with Crippen LogP contribution in [0.2, 0.25) is 0 Å². The van der Waals surface area contributed by atoms with Crippen molar-refractivity contribution >= 4 is 0 Å². The van der Waals surface area contributed by atoms with E-state index in [1.807, 2.05) is 0 Å². The summed E-state index contributed by atoms with van der Waals surface area (Å²) in [7, 11) is 0. The highest BCUT2D eigenvalue weighted by atomic mass is 16.7. The number of unbranched alkanes of at least 4 members (excludes halogenated alkanes) is 3. The van der Waals surface area contributed by atoms with Crippen molar-refractivity contribution in [1.82, 2.24) is 0 Å². The predicted octanol–water partition coefficient (Wildman–Crippen LogP) is 2.25. The first-order chi connectivity index (χ1) is 11.7. The molecule has 6 nitrogen and oxygen atoms in total. The highest BCUT2D eigenvalue weighted by Crippen LogP contribution is 2.25. The van der Waals surface area contributed by atoms with Crippen molar-refractivity contribution in [1.29, 1.82) is 0 Å². The van der Waals surface area contributed by atoms with Gasteiger partial charge in [-0.2, -0.15) is 0 Å². The molecule has 2 N–H and O–H groups in total. The first-order valence-corrected chi connectivity index (χ1v) is 9.48. The number of hydrogen-bond donors (Lipinski definition) is 2. The van der Waals surface area contributed by atoms with Crippen LogP contribution >= 0.6 is 0 Å². The van der Waals surface area contributed by atoms with Crippen LogP contribution < -0.4 is 0 Å². The van der Waals surface area contributed by atoms with Gasteiger partial charge in [-0.15, -0.1) is 0 Å². The zero-order valence-electron chi connectivity index (χ0n) is 15.5. The lowest BCUT2D eigenvalue weighted by Crippen LogP contribution is -2.60. The minimum absolute atomic E-state index is 0.298. The van der Waals surface area contributed by atoms with Gasteiger partial charge < -0.3 is 29.2 Å². The fraction of sp³-hybridized carbons (Fsp3) is 1.00. The first kappa shape index (κ1) is 21.8. The van der Waals surface area contributed by atoms with Gasteiger partial charge in [0, 0.05) is 19.8 Å². The standard InChI is InChI=1S/C18H36O6/c1-4-7-10-21-13-14-16(22-11-8-5-2)15(19)17(18(20)24-14)23-12-9-6-3/h14-20H,4-13H2,1-3H3/t14?,15?,16-,17?,18+/m0/s1. The van der Waals surface area contributed by atoms with Crippen LogP contribution in [0.15, 0.2) is 0 Å². The molecule has 1 fully saturated rings. The van der Waals surface area contributed by atoms with Crippen LogP contribution in [-0.2, 0) is 18.9 Å². The number of aliphatic hydroxyl groups excluding tert-OH is 2. The van der Waals surface area contributed by atoms with Gasteiger partial charge in [-0.05, 0) is 19.3 Å².